The van der Waals surface area contributed by atoms with Crippen LogP contribution in [-0.4, -0.2) is 19.5 Å². The van der Waals surface area contributed by atoms with E-state index in [2.05, 4.69) is 26.6 Å². The van der Waals surface area contributed by atoms with Crippen molar-refractivity contribution in [2.75, 3.05) is 13.6 Å². The topological polar surface area (TPSA) is 41.1 Å². The van der Waals surface area contributed by atoms with Gasteiger partial charge in [0.1, 0.15) is 0 Å². The van der Waals surface area contributed by atoms with Crippen molar-refractivity contribution < 1.29 is 4.79 Å². The molecule has 1 aromatic rings. The maximum atomic E-state index is 11.3. The number of hydrogen-bond acceptors (Lipinski definition) is 2. The Bertz CT molecular complexity index is 347. The van der Waals surface area contributed by atoms with Gasteiger partial charge in [0, 0.05) is 4.47 Å². The average molecular weight is 308 g/mol. The number of likely N-dealkylation sites (N-methyl/N-ethyl adjacent to an activating group) is 1. The Labute approximate surface area is 111 Å². The van der Waals surface area contributed by atoms with E-state index < -0.39 is 0 Å². The summed E-state index contributed by atoms with van der Waals surface area (Å²) in [5.74, 6) is 0.00461. The fraction of sp³-hybridized carbons (Fsp3) is 0.364. The van der Waals surface area contributed by atoms with Crippen molar-refractivity contribution in [3.63, 3.8) is 0 Å². The zero-order chi connectivity index (χ0) is 11.3. The van der Waals surface area contributed by atoms with Crippen LogP contribution in [0.4, 0.5) is 0 Å². The molecule has 0 saturated heterocycles. The quantitative estimate of drug-likeness (QED) is 0.896. The molecule has 90 valence electrons. The molecule has 0 aromatic heterocycles. The highest BCUT2D eigenvalue weighted by Crippen LogP contribution is 2.17. The molecule has 5 heteroatoms. The second kappa shape index (κ2) is 7.65. The predicted octanol–water partition coefficient (Wildman–Crippen LogP) is 2.27. The van der Waals surface area contributed by atoms with E-state index in [0.717, 1.165) is 10.0 Å². The van der Waals surface area contributed by atoms with Crippen molar-refractivity contribution in [1.29, 1.82) is 0 Å². The third kappa shape index (κ3) is 4.96. The minimum Gasteiger partial charge on any atom is -0.348 e. The van der Waals surface area contributed by atoms with E-state index in [4.69, 9.17) is 0 Å². The van der Waals surface area contributed by atoms with Crippen LogP contribution in [0.2, 0.25) is 0 Å². The Hall–Kier alpha value is -0.580. The van der Waals surface area contributed by atoms with Crippen LogP contribution in [0.25, 0.3) is 0 Å². The third-order valence-corrected chi connectivity index (χ3v) is 2.56. The smallest absolute Gasteiger partial charge is 0.234 e. The number of hydrogen-bond donors (Lipinski definition) is 2. The summed E-state index contributed by atoms with van der Waals surface area (Å²) < 4.78 is 1.02. The molecule has 0 aliphatic carbocycles. The van der Waals surface area contributed by atoms with Crippen LogP contribution in [0.1, 0.15) is 18.5 Å². The van der Waals surface area contributed by atoms with Crippen molar-refractivity contribution in [3.8, 4) is 0 Å². The van der Waals surface area contributed by atoms with E-state index >= 15 is 0 Å². The molecule has 0 saturated carbocycles. The van der Waals surface area contributed by atoms with Gasteiger partial charge in [0.25, 0.3) is 0 Å². The maximum absolute atomic E-state index is 11.3. The van der Waals surface area contributed by atoms with Crippen molar-refractivity contribution >= 4 is 34.2 Å². The lowest BCUT2D eigenvalue weighted by Gasteiger charge is -2.14. The minimum atomic E-state index is 0. The summed E-state index contributed by atoms with van der Waals surface area (Å²) in [6.07, 6.45) is 0. The molecule has 2 N–H and O–H groups in total. The molecular weight excluding hydrogens is 291 g/mol. The summed E-state index contributed by atoms with van der Waals surface area (Å²) in [5.41, 5.74) is 1.09. The van der Waals surface area contributed by atoms with E-state index in [1.54, 1.807) is 7.05 Å². The summed E-state index contributed by atoms with van der Waals surface area (Å²) in [6.45, 7) is 2.31. The number of carbonyl (C=O) groups excluding carboxylic acids is 1. The fourth-order valence-corrected chi connectivity index (χ4v) is 1.73. The van der Waals surface area contributed by atoms with Crippen LogP contribution in [0, 0.1) is 0 Å². The van der Waals surface area contributed by atoms with E-state index in [-0.39, 0.29) is 24.4 Å². The maximum Gasteiger partial charge on any atom is 0.234 e. The Balaban J connectivity index is 0.00000225. The van der Waals surface area contributed by atoms with Crippen LogP contribution in [0.15, 0.2) is 28.7 Å². The van der Waals surface area contributed by atoms with Crippen LogP contribution >= 0.6 is 28.3 Å². The Morgan fingerprint density at radius 3 is 2.75 bits per heavy atom. The van der Waals surface area contributed by atoms with E-state index in [9.17, 15) is 4.79 Å². The second-order valence-corrected chi connectivity index (χ2v) is 4.29. The Kier molecular flexibility index (Phi) is 7.38. The highest BCUT2D eigenvalue weighted by Gasteiger charge is 2.08. The number of carbonyl (C=O) groups is 1. The highest BCUT2D eigenvalue weighted by atomic mass is 79.9. The van der Waals surface area contributed by atoms with Crippen molar-refractivity contribution in [1.82, 2.24) is 10.6 Å². The first-order chi connectivity index (χ1) is 7.13. The molecule has 1 unspecified atom stereocenters. The number of benzene rings is 1. The summed E-state index contributed by atoms with van der Waals surface area (Å²) in [5, 5.41) is 5.72. The fourth-order valence-electron chi connectivity index (χ4n) is 1.31. The Morgan fingerprint density at radius 2 is 2.19 bits per heavy atom. The van der Waals surface area contributed by atoms with E-state index in [1.165, 1.54) is 0 Å². The van der Waals surface area contributed by atoms with Crippen molar-refractivity contribution in [2.24, 2.45) is 0 Å². The summed E-state index contributed by atoms with van der Waals surface area (Å²) >= 11 is 3.40. The van der Waals surface area contributed by atoms with Gasteiger partial charge < -0.3 is 10.6 Å². The first kappa shape index (κ1) is 15.4. The van der Waals surface area contributed by atoms with Gasteiger partial charge in [-0.05, 0) is 31.7 Å². The van der Waals surface area contributed by atoms with Gasteiger partial charge in [-0.3, -0.25) is 4.79 Å². The van der Waals surface area contributed by atoms with Crippen LogP contribution in [-0.2, 0) is 4.79 Å². The van der Waals surface area contributed by atoms with Gasteiger partial charge in [-0.25, -0.2) is 0 Å². The summed E-state index contributed by atoms with van der Waals surface area (Å²) in [7, 11) is 1.75. The molecule has 1 atom stereocenters. The molecule has 0 aliphatic rings. The van der Waals surface area contributed by atoms with Crippen molar-refractivity contribution in [3.05, 3.63) is 34.3 Å². The van der Waals surface area contributed by atoms with Gasteiger partial charge in [-0.15, -0.1) is 12.4 Å². The zero-order valence-corrected chi connectivity index (χ0v) is 11.7. The van der Waals surface area contributed by atoms with Gasteiger partial charge in [0.15, 0.2) is 0 Å². The molecule has 1 amide bonds. The number of nitrogens with one attached hydrogen (secondary N) is 2. The summed E-state index contributed by atoms with van der Waals surface area (Å²) in [6, 6.07) is 7.95. The van der Waals surface area contributed by atoms with Gasteiger partial charge in [0.05, 0.1) is 12.6 Å². The molecule has 0 heterocycles. The molecule has 0 bridgehead atoms. The monoisotopic (exact) mass is 306 g/mol. The molecule has 3 nitrogen and oxygen atoms in total. The second-order valence-electron chi connectivity index (χ2n) is 3.37. The lowest BCUT2D eigenvalue weighted by Crippen LogP contribution is -2.33. The average Bonchev–Trinajstić information content (AvgIpc) is 2.18. The SMILES string of the molecule is CNCC(=O)NC(C)c1cccc(Br)c1.Cl. The highest BCUT2D eigenvalue weighted by molar-refractivity contribution is 9.10. The molecule has 0 radical (unpaired) electrons. The third-order valence-electron chi connectivity index (χ3n) is 2.06. The zero-order valence-electron chi connectivity index (χ0n) is 9.29. The molecule has 0 aliphatic heterocycles. The first-order valence-electron chi connectivity index (χ1n) is 4.83. The molecule has 1 rings (SSSR count). The first-order valence-corrected chi connectivity index (χ1v) is 5.62. The van der Waals surface area contributed by atoms with Crippen LogP contribution in [0.3, 0.4) is 0 Å². The number of amides is 1. The molecule has 16 heavy (non-hydrogen) atoms. The molecule has 0 fully saturated rings. The number of rotatable bonds is 4. The van der Waals surface area contributed by atoms with Gasteiger partial charge in [-0.2, -0.15) is 0 Å². The lowest BCUT2D eigenvalue weighted by molar-refractivity contribution is -0.120. The van der Waals surface area contributed by atoms with Gasteiger partial charge >= 0.3 is 0 Å². The molecule has 0 spiro atoms. The lowest BCUT2D eigenvalue weighted by atomic mass is 10.1. The minimum absolute atomic E-state index is 0. The van der Waals surface area contributed by atoms with E-state index in [0.29, 0.717) is 6.54 Å². The molecule has 1 aromatic carbocycles. The normalized spacial score (nSPS) is 11.4. The van der Waals surface area contributed by atoms with Gasteiger partial charge in [0.2, 0.25) is 5.91 Å². The Morgan fingerprint density at radius 1 is 1.50 bits per heavy atom. The van der Waals surface area contributed by atoms with Crippen LogP contribution < -0.4 is 10.6 Å². The summed E-state index contributed by atoms with van der Waals surface area (Å²) in [4.78, 5) is 11.3. The largest absolute Gasteiger partial charge is 0.348 e. The van der Waals surface area contributed by atoms with Crippen molar-refractivity contribution in [2.45, 2.75) is 13.0 Å². The predicted molar refractivity (Wildman–Crippen MR) is 71.9 cm³/mol. The van der Waals surface area contributed by atoms with E-state index in [1.807, 2.05) is 31.2 Å². The standard InChI is InChI=1S/C11H15BrN2O.ClH/c1-8(14-11(15)7-13-2)9-4-3-5-10(12)6-9;/h3-6,8,13H,7H2,1-2H3,(H,14,15);1H. The van der Waals surface area contributed by atoms with Crippen LogP contribution in [0.5, 0.6) is 0 Å². The number of halogens is 2. The van der Waals surface area contributed by atoms with Gasteiger partial charge in [-0.1, -0.05) is 28.1 Å². The molecular formula is C11H16BrClN2O.